The van der Waals surface area contributed by atoms with Crippen molar-refractivity contribution in [2.24, 2.45) is 0 Å². The van der Waals surface area contributed by atoms with Crippen molar-refractivity contribution in [1.82, 2.24) is 9.97 Å². The Kier molecular flexibility index (Phi) is 3.88. The van der Waals surface area contributed by atoms with E-state index in [4.69, 9.17) is 0 Å². The van der Waals surface area contributed by atoms with Crippen LogP contribution in [0.5, 0.6) is 0 Å². The van der Waals surface area contributed by atoms with E-state index in [-0.39, 0.29) is 5.78 Å². The quantitative estimate of drug-likeness (QED) is 0.438. The van der Waals surface area contributed by atoms with E-state index in [0.29, 0.717) is 11.1 Å². The van der Waals surface area contributed by atoms with E-state index in [0.717, 1.165) is 21.9 Å². The minimum absolute atomic E-state index is 0.0146. The number of fused-ring (bicyclic) bond motifs is 1. The van der Waals surface area contributed by atoms with Gasteiger partial charge in [-0.1, -0.05) is 48.2 Å². The molecule has 0 aliphatic carbocycles. The van der Waals surface area contributed by atoms with Crippen LogP contribution in [0, 0.1) is 0 Å². The average molecular weight is 294 g/mol. The molecule has 1 heterocycles. The van der Waals surface area contributed by atoms with Crippen LogP contribution in [0.1, 0.15) is 15.9 Å². The van der Waals surface area contributed by atoms with Crippen molar-refractivity contribution in [2.45, 2.75) is 5.16 Å². The zero-order chi connectivity index (χ0) is 14.7. The lowest BCUT2D eigenvalue weighted by molar-refractivity contribution is 0.103. The number of carbonyl (C=O) groups excluding carboxylic acids is 1. The maximum Gasteiger partial charge on any atom is 0.193 e. The molecule has 4 heteroatoms. The lowest BCUT2D eigenvalue weighted by Crippen LogP contribution is -2.00. The zero-order valence-electron chi connectivity index (χ0n) is 11.4. The first-order chi connectivity index (χ1) is 10.3. The van der Waals surface area contributed by atoms with Gasteiger partial charge in [0.1, 0.15) is 0 Å². The summed E-state index contributed by atoms with van der Waals surface area (Å²) in [7, 11) is 0. The van der Waals surface area contributed by atoms with Crippen LogP contribution in [0.3, 0.4) is 0 Å². The first kappa shape index (κ1) is 13.6. The molecule has 0 bridgehead atoms. The standard InChI is InChI=1S/C17H14N2OS/c1-2-10-21-17-18-14-9-8-13(11-15(14)19-17)16(20)12-6-4-3-5-7-12/h2-9,11H,1,10H2,(H,18,19). The largest absolute Gasteiger partial charge is 0.333 e. The molecule has 104 valence electrons. The number of thioether (sulfide) groups is 1. The van der Waals surface area contributed by atoms with Gasteiger partial charge in [0.25, 0.3) is 0 Å². The Balaban J connectivity index is 1.93. The number of hydrogen-bond donors (Lipinski definition) is 1. The molecular formula is C17H14N2OS. The highest BCUT2D eigenvalue weighted by Gasteiger charge is 2.11. The number of carbonyl (C=O) groups is 1. The fourth-order valence-electron chi connectivity index (χ4n) is 2.09. The van der Waals surface area contributed by atoms with Gasteiger partial charge < -0.3 is 4.98 Å². The second-order valence-corrected chi connectivity index (χ2v) is 5.58. The Hall–Kier alpha value is -2.33. The van der Waals surface area contributed by atoms with E-state index in [2.05, 4.69) is 16.5 Å². The fraction of sp³-hybridized carbons (Fsp3) is 0.0588. The Morgan fingerprint density at radius 2 is 2.00 bits per heavy atom. The van der Waals surface area contributed by atoms with Crippen LogP contribution in [0.2, 0.25) is 0 Å². The van der Waals surface area contributed by atoms with E-state index in [1.807, 2.05) is 54.6 Å². The first-order valence-corrected chi connectivity index (χ1v) is 7.59. The fourth-order valence-corrected chi connectivity index (χ4v) is 2.71. The number of hydrogen-bond acceptors (Lipinski definition) is 3. The number of nitrogens with one attached hydrogen (secondary N) is 1. The molecule has 0 unspecified atom stereocenters. The molecule has 1 N–H and O–H groups in total. The third-order valence-corrected chi connectivity index (χ3v) is 3.97. The normalized spacial score (nSPS) is 10.7. The molecule has 0 atom stereocenters. The third-order valence-electron chi connectivity index (χ3n) is 3.10. The van der Waals surface area contributed by atoms with Crippen molar-refractivity contribution in [2.75, 3.05) is 5.75 Å². The van der Waals surface area contributed by atoms with Gasteiger partial charge in [-0.15, -0.1) is 6.58 Å². The topological polar surface area (TPSA) is 45.8 Å². The van der Waals surface area contributed by atoms with Gasteiger partial charge in [0.2, 0.25) is 0 Å². The lowest BCUT2D eigenvalue weighted by atomic mass is 10.0. The molecule has 0 radical (unpaired) electrons. The van der Waals surface area contributed by atoms with E-state index in [1.54, 1.807) is 11.8 Å². The monoisotopic (exact) mass is 294 g/mol. The number of rotatable bonds is 5. The van der Waals surface area contributed by atoms with Crippen LogP contribution in [0.15, 0.2) is 66.3 Å². The van der Waals surface area contributed by atoms with Gasteiger partial charge in [-0.2, -0.15) is 0 Å². The summed E-state index contributed by atoms with van der Waals surface area (Å²) in [6, 6.07) is 14.8. The van der Waals surface area contributed by atoms with Crippen LogP contribution < -0.4 is 0 Å². The molecule has 0 fully saturated rings. The van der Waals surface area contributed by atoms with Gasteiger partial charge in [0.15, 0.2) is 10.9 Å². The third kappa shape index (κ3) is 2.90. The second-order valence-electron chi connectivity index (χ2n) is 4.57. The van der Waals surface area contributed by atoms with Crippen molar-refractivity contribution in [1.29, 1.82) is 0 Å². The Morgan fingerprint density at radius 1 is 1.19 bits per heavy atom. The number of imidazole rings is 1. The molecule has 21 heavy (non-hydrogen) atoms. The molecule has 0 aliphatic heterocycles. The summed E-state index contributed by atoms with van der Waals surface area (Å²) in [4.78, 5) is 20.1. The van der Waals surface area contributed by atoms with Crippen molar-refractivity contribution in [3.63, 3.8) is 0 Å². The van der Waals surface area contributed by atoms with Crippen LogP contribution in [-0.2, 0) is 0 Å². The number of ketones is 1. The summed E-state index contributed by atoms with van der Waals surface area (Å²) in [6.07, 6.45) is 1.84. The molecule has 1 aromatic heterocycles. The van der Waals surface area contributed by atoms with E-state index < -0.39 is 0 Å². The lowest BCUT2D eigenvalue weighted by Gasteiger charge is -2.00. The highest BCUT2D eigenvalue weighted by atomic mass is 32.2. The Bertz CT molecular complexity index is 793. The summed E-state index contributed by atoms with van der Waals surface area (Å²) >= 11 is 1.59. The number of nitrogens with zero attached hydrogens (tertiary/aromatic N) is 1. The maximum atomic E-state index is 12.4. The molecule has 0 amide bonds. The highest BCUT2D eigenvalue weighted by Crippen LogP contribution is 2.21. The molecule has 3 rings (SSSR count). The molecule has 0 spiro atoms. The van der Waals surface area contributed by atoms with Crippen LogP contribution in [-0.4, -0.2) is 21.5 Å². The van der Waals surface area contributed by atoms with Crippen molar-refractivity contribution in [3.8, 4) is 0 Å². The summed E-state index contributed by atoms with van der Waals surface area (Å²) in [6.45, 7) is 3.69. The summed E-state index contributed by atoms with van der Waals surface area (Å²) in [5.74, 6) is 0.816. The van der Waals surface area contributed by atoms with Crippen molar-refractivity contribution < 1.29 is 4.79 Å². The molecule has 0 saturated carbocycles. The van der Waals surface area contributed by atoms with E-state index in [1.165, 1.54) is 0 Å². The van der Waals surface area contributed by atoms with Crippen LogP contribution in [0.25, 0.3) is 11.0 Å². The molecule has 3 nitrogen and oxygen atoms in total. The van der Waals surface area contributed by atoms with E-state index in [9.17, 15) is 4.79 Å². The summed E-state index contributed by atoms with van der Waals surface area (Å²) < 4.78 is 0. The number of benzene rings is 2. The average Bonchev–Trinajstić information content (AvgIpc) is 2.95. The molecule has 3 aromatic rings. The van der Waals surface area contributed by atoms with Gasteiger partial charge in [-0.3, -0.25) is 4.79 Å². The maximum absolute atomic E-state index is 12.4. The summed E-state index contributed by atoms with van der Waals surface area (Å²) in [5.41, 5.74) is 3.09. The minimum atomic E-state index is 0.0146. The Morgan fingerprint density at radius 3 is 2.76 bits per heavy atom. The van der Waals surface area contributed by atoms with E-state index >= 15 is 0 Å². The van der Waals surface area contributed by atoms with Gasteiger partial charge in [-0.25, -0.2) is 4.98 Å². The SMILES string of the molecule is C=CCSc1nc2cc(C(=O)c3ccccc3)ccc2[nH]1. The summed E-state index contributed by atoms with van der Waals surface area (Å²) in [5, 5.41) is 0.842. The minimum Gasteiger partial charge on any atom is -0.333 e. The van der Waals surface area contributed by atoms with Crippen LogP contribution >= 0.6 is 11.8 Å². The number of aromatic amines is 1. The van der Waals surface area contributed by atoms with Crippen LogP contribution in [0.4, 0.5) is 0 Å². The van der Waals surface area contributed by atoms with Crippen molar-refractivity contribution >= 4 is 28.6 Å². The number of aromatic nitrogens is 2. The van der Waals surface area contributed by atoms with Crippen molar-refractivity contribution in [3.05, 3.63) is 72.3 Å². The van der Waals surface area contributed by atoms with Gasteiger partial charge in [-0.05, 0) is 18.2 Å². The van der Waals surface area contributed by atoms with Gasteiger partial charge in [0, 0.05) is 16.9 Å². The molecule has 0 saturated heterocycles. The van der Waals surface area contributed by atoms with Gasteiger partial charge in [0.05, 0.1) is 11.0 Å². The molecule has 2 aromatic carbocycles. The van der Waals surface area contributed by atoms with Gasteiger partial charge >= 0.3 is 0 Å². The highest BCUT2D eigenvalue weighted by molar-refractivity contribution is 7.99. The molecule has 0 aliphatic rings. The smallest absolute Gasteiger partial charge is 0.193 e. The second kappa shape index (κ2) is 5.97. The number of H-pyrrole nitrogens is 1. The zero-order valence-corrected chi connectivity index (χ0v) is 12.2. The predicted octanol–water partition coefficient (Wildman–Crippen LogP) is 4.07. The predicted molar refractivity (Wildman–Crippen MR) is 86.9 cm³/mol. The molecular weight excluding hydrogens is 280 g/mol. The Labute approximate surface area is 127 Å². The first-order valence-electron chi connectivity index (χ1n) is 6.61.